The molecule has 74 valence electrons. The number of hydrogen-bond donors (Lipinski definition) is 1. The van der Waals surface area contributed by atoms with Crippen LogP contribution < -0.4 is 5.73 Å². The summed E-state index contributed by atoms with van der Waals surface area (Å²) in [5, 5.41) is 0. The van der Waals surface area contributed by atoms with Gasteiger partial charge in [-0.3, -0.25) is 0 Å². The summed E-state index contributed by atoms with van der Waals surface area (Å²) >= 11 is 0. The smallest absolute Gasteiger partial charge is 0.418 e. The Balaban J connectivity index is 2.79. The van der Waals surface area contributed by atoms with Crippen LogP contribution in [0.5, 0.6) is 0 Å². The maximum absolute atomic E-state index is 11.2. The highest BCUT2D eigenvalue weighted by molar-refractivity contribution is 5.91. The first-order valence-corrected chi connectivity index (χ1v) is 4.34. The first kappa shape index (κ1) is 9.83. The Morgan fingerprint density at radius 1 is 1.62 bits per heavy atom. The number of carbonyl (C=O) groups is 2. The first-order valence-electron chi connectivity index (χ1n) is 4.34. The topological polar surface area (TPSA) is 72.6 Å². The molecule has 1 saturated heterocycles. The third-order valence-corrected chi connectivity index (χ3v) is 2.53. The van der Waals surface area contributed by atoms with Crippen molar-refractivity contribution in [1.82, 2.24) is 4.90 Å². The van der Waals surface area contributed by atoms with E-state index in [0.29, 0.717) is 12.8 Å². The lowest BCUT2D eigenvalue weighted by atomic mass is 9.98. The second-order valence-corrected chi connectivity index (χ2v) is 3.18. The fourth-order valence-electron chi connectivity index (χ4n) is 1.41. The van der Waals surface area contributed by atoms with Crippen molar-refractivity contribution in [3.63, 3.8) is 0 Å². The van der Waals surface area contributed by atoms with Crippen LogP contribution in [-0.2, 0) is 4.74 Å². The third kappa shape index (κ3) is 1.59. The molecule has 0 atom stereocenters. The molecule has 1 heterocycles. The highest BCUT2D eigenvalue weighted by atomic mass is 16.6. The lowest BCUT2D eigenvalue weighted by Crippen LogP contribution is -2.39. The minimum Gasteiger partial charge on any atom is -0.441 e. The molecule has 0 radical (unpaired) electrons. The van der Waals surface area contributed by atoms with Crippen molar-refractivity contribution in [3.8, 4) is 0 Å². The maximum Gasteiger partial charge on any atom is 0.418 e. The van der Waals surface area contributed by atoms with Crippen LogP contribution in [0.2, 0.25) is 0 Å². The SMILES string of the molecule is CCC1(CC)CN(C(N)=O)C(=O)O1. The van der Waals surface area contributed by atoms with Crippen LogP contribution in [0, 0.1) is 0 Å². The molecule has 2 N–H and O–H groups in total. The number of ether oxygens (including phenoxy) is 1. The van der Waals surface area contributed by atoms with E-state index in [-0.39, 0.29) is 6.54 Å². The molecule has 0 unspecified atom stereocenters. The molecule has 1 fully saturated rings. The third-order valence-electron chi connectivity index (χ3n) is 2.53. The summed E-state index contributed by atoms with van der Waals surface area (Å²) < 4.78 is 5.11. The molecule has 0 aromatic rings. The van der Waals surface area contributed by atoms with E-state index < -0.39 is 17.7 Å². The lowest BCUT2D eigenvalue weighted by molar-refractivity contribution is 0.0504. The van der Waals surface area contributed by atoms with Crippen molar-refractivity contribution in [2.75, 3.05) is 6.54 Å². The fraction of sp³-hybridized carbons (Fsp3) is 0.750. The summed E-state index contributed by atoms with van der Waals surface area (Å²) in [6.07, 6.45) is 0.758. The van der Waals surface area contributed by atoms with Crippen molar-refractivity contribution in [3.05, 3.63) is 0 Å². The van der Waals surface area contributed by atoms with Crippen LogP contribution in [-0.4, -0.2) is 29.2 Å². The number of primary amides is 1. The van der Waals surface area contributed by atoms with Crippen LogP contribution in [0.4, 0.5) is 9.59 Å². The van der Waals surface area contributed by atoms with Gasteiger partial charge in [0.2, 0.25) is 0 Å². The highest BCUT2D eigenvalue weighted by Gasteiger charge is 2.44. The Labute approximate surface area is 76.8 Å². The monoisotopic (exact) mass is 186 g/mol. The fourth-order valence-corrected chi connectivity index (χ4v) is 1.41. The molecule has 0 bridgehead atoms. The van der Waals surface area contributed by atoms with Crippen LogP contribution in [0.25, 0.3) is 0 Å². The molecule has 0 spiro atoms. The van der Waals surface area contributed by atoms with E-state index >= 15 is 0 Å². The lowest BCUT2D eigenvalue weighted by Gasteiger charge is -2.22. The maximum atomic E-state index is 11.2. The van der Waals surface area contributed by atoms with Gasteiger partial charge in [0.25, 0.3) is 0 Å². The van der Waals surface area contributed by atoms with Gasteiger partial charge in [0.15, 0.2) is 0 Å². The number of imide groups is 1. The van der Waals surface area contributed by atoms with Gasteiger partial charge in [-0.05, 0) is 12.8 Å². The van der Waals surface area contributed by atoms with Gasteiger partial charge < -0.3 is 10.5 Å². The summed E-state index contributed by atoms with van der Waals surface area (Å²) in [5.41, 5.74) is 4.48. The highest BCUT2D eigenvalue weighted by Crippen LogP contribution is 2.28. The van der Waals surface area contributed by atoms with Gasteiger partial charge in [-0.2, -0.15) is 0 Å². The molecular weight excluding hydrogens is 172 g/mol. The normalized spacial score (nSPS) is 20.2. The van der Waals surface area contributed by atoms with Crippen molar-refractivity contribution >= 4 is 12.1 Å². The molecule has 0 aliphatic carbocycles. The summed E-state index contributed by atoms with van der Waals surface area (Å²) in [6, 6.07) is -0.742. The number of amides is 3. The van der Waals surface area contributed by atoms with E-state index in [1.807, 2.05) is 13.8 Å². The van der Waals surface area contributed by atoms with Crippen molar-refractivity contribution in [2.24, 2.45) is 5.73 Å². The van der Waals surface area contributed by atoms with E-state index in [4.69, 9.17) is 10.5 Å². The zero-order valence-corrected chi connectivity index (χ0v) is 7.87. The molecule has 5 nitrogen and oxygen atoms in total. The number of rotatable bonds is 2. The second kappa shape index (κ2) is 3.24. The zero-order chi connectivity index (χ0) is 10.1. The van der Waals surface area contributed by atoms with Gasteiger partial charge >= 0.3 is 12.1 Å². The van der Waals surface area contributed by atoms with Crippen LogP contribution in [0.3, 0.4) is 0 Å². The molecule has 5 heteroatoms. The summed E-state index contributed by atoms with van der Waals surface area (Å²) in [4.78, 5) is 22.9. The predicted molar refractivity (Wildman–Crippen MR) is 46.1 cm³/mol. The predicted octanol–water partition coefficient (Wildman–Crippen LogP) is 1.08. The molecule has 1 rings (SSSR count). The van der Waals surface area contributed by atoms with Gasteiger partial charge in [0.1, 0.15) is 5.60 Å². The minimum atomic E-state index is -0.742. The minimum absolute atomic E-state index is 0.272. The van der Waals surface area contributed by atoms with E-state index in [9.17, 15) is 9.59 Å². The number of hydrogen-bond acceptors (Lipinski definition) is 3. The first-order chi connectivity index (χ1) is 6.04. The van der Waals surface area contributed by atoms with Crippen molar-refractivity contribution in [2.45, 2.75) is 32.3 Å². The average molecular weight is 186 g/mol. The van der Waals surface area contributed by atoms with E-state index in [0.717, 1.165) is 4.90 Å². The van der Waals surface area contributed by atoms with Crippen LogP contribution >= 0.6 is 0 Å². The zero-order valence-electron chi connectivity index (χ0n) is 7.87. The van der Waals surface area contributed by atoms with Gasteiger partial charge in [-0.1, -0.05) is 13.8 Å². The molecule has 1 aliphatic rings. The molecular formula is C8H14N2O3. The van der Waals surface area contributed by atoms with Gasteiger partial charge in [-0.15, -0.1) is 0 Å². The number of cyclic esters (lactones) is 1. The average Bonchev–Trinajstić information content (AvgIpc) is 2.44. The Morgan fingerprint density at radius 3 is 2.38 bits per heavy atom. The van der Waals surface area contributed by atoms with Crippen LogP contribution in [0.15, 0.2) is 0 Å². The Morgan fingerprint density at radius 2 is 2.15 bits per heavy atom. The number of nitrogens with two attached hydrogens (primary N) is 1. The Kier molecular flexibility index (Phi) is 2.45. The molecule has 0 saturated carbocycles. The largest absolute Gasteiger partial charge is 0.441 e. The molecule has 0 aromatic heterocycles. The number of carbonyl (C=O) groups excluding carboxylic acids is 2. The second-order valence-electron chi connectivity index (χ2n) is 3.18. The Bertz CT molecular complexity index is 236. The van der Waals surface area contributed by atoms with Gasteiger partial charge in [-0.25, -0.2) is 14.5 Å². The number of nitrogens with zero attached hydrogens (tertiary/aromatic N) is 1. The molecule has 13 heavy (non-hydrogen) atoms. The number of urea groups is 1. The Hall–Kier alpha value is -1.26. The van der Waals surface area contributed by atoms with Crippen LogP contribution in [0.1, 0.15) is 26.7 Å². The summed E-state index contributed by atoms with van der Waals surface area (Å²) in [5.74, 6) is 0. The van der Waals surface area contributed by atoms with E-state index in [1.54, 1.807) is 0 Å². The standard InChI is InChI=1S/C8H14N2O3/c1-3-8(4-2)5-10(6(9)11)7(12)13-8/h3-5H2,1-2H3,(H2,9,11). The summed E-state index contributed by atoms with van der Waals surface area (Å²) in [7, 11) is 0. The van der Waals surface area contributed by atoms with Gasteiger partial charge in [0.05, 0.1) is 6.54 Å². The van der Waals surface area contributed by atoms with E-state index in [2.05, 4.69) is 0 Å². The molecule has 1 aliphatic heterocycles. The van der Waals surface area contributed by atoms with Crippen molar-refractivity contribution < 1.29 is 14.3 Å². The van der Waals surface area contributed by atoms with Gasteiger partial charge in [0, 0.05) is 0 Å². The molecule has 3 amide bonds. The molecule has 0 aromatic carbocycles. The summed E-state index contributed by atoms with van der Waals surface area (Å²) in [6.45, 7) is 4.11. The van der Waals surface area contributed by atoms with E-state index in [1.165, 1.54) is 0 Å². The van der Waals surface area contributed by atoms with Crippen molar-refractivity contribution in [1.29, 1.82) is 0 Å². The quantitative estimate of drug-likeness (QED) is 0.701.